The van der Waals surface area contributed by atoms with Crippen molar-refractivity contribution in [3.8, 4) is 5.75 Å². The molecule has 2 aromatic carbocycles. The van der Waals surface area contributed by atoms with Gasteiger partial charge in [0.1, 0.15) is 5.75 Å². The first-order valence-corrected chi connectivity index (χ1v) is 8.14. The summed E-state index contributed by atoms with van der Waals surface area (Å²) >= 11 is 0. The van der Waals surface area contributed by atoms with E-state index in [4.69, 9.17) is 4.74 Å². The number of aliphatic hydroxyl groups is 1. The molecule has 0 aromatic heterocycles. The van der Waals surface area contributed by atoms with Gasteiger partial charge in [-0.3, -0.25) is 4.79 Å². The Bertz CT molecular complexity index is 725. The molecule has 1 heterocycles. The molecule has 4 heteroatoms. The highest BCUT2D eigenvalue weighted by molar-refractivity contribution is 5.91. The van der Waals surface area contributed by atoms with Gasteiger partial charge in [-0.25, -0.2) is 0 Å². The molecule has 0 spiro atoms. The van der Waals surface area contributed by atoms with Crippen LogP contribution in [0.2, 0.25) is 0 Å². The second kappa shape index (κ2) is 7.79. The maximum atomic E-state index is 12.4. The van der Waals surface area contributed by atoms with E-state index in [0.717, 1.165) is 29.9 Å². The maximum absolute atomic E-state index is 12.4. The minimum Gasteiger partial charge on any atom is -0.493 e. The summed E-state index contributed by atoms with van der Waals surface area (Å²) < 4.78 is 5.49. The first kappa shape index (κ1) is 16.3. The summed E-state index contributed by atoms with van der Waals surface area (Å²) in [4.78, 5) is 14.1. The van der Waals surface area contributed by atoms with Crippen LogP contribution in [0.1, 0.15) is 16.7 Å². The van der Waals surface area contributed by atoms with Gasteiger partial charge in [0, 0.05) is 25.6 Å². The fourth-order valence-corrected chi connectivity index (χ4v) is 2.77. The second-order valence-electron chi connectivity index (χ2n) is 5.77. The predicted molar refractivity (Wildman–Crippen MR) is 93.6 cm³/mol. The monoisotopic (exact) mass is 323 g/mol. The van der Waals surface area contributed by atoms with Crippen molar-refractivity contribution in [2.24, 2.45) is 0 Å². The number of carbonyl (C=O) groups excluding carboxylic acids is 1. The van der Waals surface area contributed by atoms with Crippen molar-refractivity contribution in [3.63, 3.8) is 0 Å². The van der Waals surface area contributed by atoms with Crippen molar-refractivity contribution in [3.05, 3.63) is 71.3 Å². The Balaban J connectivity index is 1.68. The van der Waals surface area contributed by atoms with Crippen LogP contribution in [0.4, 0.5) is 0 Å². The molecule has 124 valence electrons. The average Bonchev–Trinajstić information content (AvgIpc) is 3.08. The molecule has 0 radical (unpaired) electrons. The molecular formula is C20H21NO3. The van der Waals surface area contributed by atoms with Gasteiger partial charge in [0.25, 0.3) is 0 Å². The average molecular weight is 323 g/mol. The number of fused-ring (bicyclic) bond motifs is 1. The third kappa shape index (κ3) is 4.03. The first-order valence-electron chi connectivity index (χ1n) is 8.14. The van der Waals surface area contributed by atoms with Crippen LogP contribution in [0.25, 0.3) is 6.08 Å². The molecule has 0 aliphatic carbocycles. The molecule has 0 bridgehead atoms. The van der Waals surface area contributed by atoms with Gasteiger partial charge in [0.05, 0.1) is 13.2 Å². The molecule has 0 fully saturated rings. The molecule has 1 aliphatic rings. The lowest BCUT2D eigenvalue weighted by Gasteiger charge is -2.20. The molecule has 0 atom stereocenters. The van der Waals surface area contributed by atoms with Crippen LogP contribution in [0.5, 0.6) is 5.75 Å². The van der Waals surface area contributed by atoms with E-state index in [0.29, 0.717) is 13.1 Å². The Labute approximate surface area is 142 Å². The zero-order valence-electron chi connectivity index (χ0n) is 13.5. The number of rotatable bonds is 6. The zero-order valence-corrected chi connectivity index (χ0v) is 13.5. The van der Waals surface area contributed by atoms with Crippen LogP contribution in [0.3, 0.4) is 0 Å². The summed E-state index contributed by atoms with van der Waals surface area (Å²) in [6.45, 7) is 1.48. The normalized spacial score (nSPS) is 12.9. The number of hydrogen-bond donors (Lipinski definition) is 1. The largest absolute Gasteiger partial charge is 0.493 e. The topological polar surface area (TPSA) is 49.8 Å². The third-order valence-electron chi connectivity index (χ3n) is 4.03. The highest BCUT2D eigenvalue weighted by Crippen LogP contribution is 2.26. The van der Waals surface area contributed by atoms with Crippen molar-refractivity contribution < 1.29 is 14.6 Å². The number of nitrogens with zero attached hydrogens (tertiary/aromatic N) is 1. The fraction of sp³-hybridized carbons (Fsp3) is 0.250. The van der Waals surface area contributed by atoms with Crippen LogP contribution in [-0.2, 0) is 17.8 Å². The van der Waals surface area contributed by atoms with Crippen LogP contribution in [0.15, 0.2) is 54.6 Å². The van der Waals surface area contributed by atoms with E-state index in [9.17, 15) is 9.90 Å². The number of benzene rings is 2. The van der Waals surface area contributed by atoms with Crippen LogP contribution in [-0.4, -0.2) is 35.7 Å². The molecular weight excluding hydrogens is 302 g/mol. The third-order valence-corrected chi connectivity index (χ3v) is 4.03. The summed E-state index contributed by atoms with van der Waals surface area (Å²) in [6.07, 6.45) is 4.29. The second-order valence-corrected chi connectivity index (χ2v) is 5.77. The van der Waals surface area contributed by atoms with E-state index >= 15 is 0 Å². The van der Waals surface area contributed by atoms with E-state index < -0.39 is 0 Å². The predicted octanol–water partition coefficient (Wildman–Crippen LogP) is 2.66. The lowest BCUT2D eigenvalue weighted by molar-refractivity contribution is -0.127. The Morgan fingerprint density at radius 2 is 2.04 bits per heavy atom. The van der Waals surface area contributed by atoms with Gasteiger partial charge >= 0.3 is 0 Å². The summed E-state index contributed by atoms with van der Waals surface area (Å²) in [6, 6.07) is 15.7. The van der Waals surface area contributed by atoms with Crippen LogP contribution >= 0.6 is 0 Å². The van der Waals surface area contributed by atoms with E-state index in [2.05, 4.69) is 6.07 Å². The fourth-order valence-electron chi connectivity index (χ4n) is 2.77. The molecule has 1 amide bonds. The maximum Gasteiger partial charge on any atom is 0.246 e. The van der Waals surface area contributed by atoms with Gasteiger partial charge in [0.15, 0.2) is 0 Å². The molecule has 2 aromatic rings. The Hall–Kier alpha value is -2.59. The van der Waals surface area contributed by atoms with Crippen molar-refractivity contribution in [1.29, 1.82) is 0 Å². The van der Waals surface area contributed by atoms with Crippen molar-refractivity contribution in [2.75, 3.05) is 19.8 Å². The van der Waals surface area contributed by atoms with Crippen molar-refractivity contribution in [1.82, 2.24) is 4.90 Å². The number of aliphatic hydroxyl groups excluding tert-OH is 1. The molecule has 4 nitrogen and oxygen atoms in total. The molecule has 0 saturated heterocycles. The van der Waals surface area contributed by atoms with E-state index in [1.807, 2.05) is 48.5 Å². The van der Waals surface area contributed by atoms with E-state index in [1.165, 1.54) is 5.56 Å². The molecule has 1 N–H and O–H groups in total. The quantitative estimate of drug-likeness (QED) is 0.832. The van der Waals surface area contributed by atoms with Crippen LogP contribution < -0.4 is 4.74 Å². The molecule has 3 rings (SSSR count). The smallest absolute Gasteiger partial charge is 0.246 e. The van der Waals surface area contributed by atoms with Gasteiger partial charge < -0.3 is 14.7 Å². The van der Waals surface area contributed by atoms with E-state index in [-0.39, 0.29) is 12.5 Å². The van der Waals surface area contributed by atoms with Crippen molar-refractivity contribution in [2.45, 2.75) is 13.0 Å². The summed E-state index contributed by atoms with van der Waals surface area (Å²) in [5.74, 6) is 0.828. The standard InChI is InChI=1S/C20H21NO3/c22-12-11-21(15-17-4-2-1-3-5-17)20(23)9-7-16-6-8-19-18(14-16)10-13-24-19/h1-9,14,22H,10-13,15H2/b9-7+. The Kier molecular flexibility index (Phi) is 5.29. The highest BCUT2D eigenvalue weighted by atomic mass is 16.5. The lowest BCUT2D eigenvalue weighted by Crippen LogP contribution is -2.31. The summed E-state index contributed by atoms with van der Waals surface area (Å²) in [5, 5.41) is 9.22. The van der Waals surface area contributed by atoms with Gasteiger partial charge in [-0.15, -0.1) is 0 Å². The molecule has 0 unspecified atom stereocenters. The summed E-state index contributed by atoms with van der Waals surface area (Å²) in [7, 11) is 0. The van der Waals surface area contributed by atoms with Gasteiger partial charge in [-0.05, 0) is 34.9 Å². The highest BCUT2D eigenvalue weighted by Gasteiger charge is 2.12. The van der Waals surface area contributed by atoms with Gasteiger partial charge in [-0.2, -0.15) is 0 Å². The Morgan fingerprint density at radius 3 is 2.83 bits per heavy atom. The molecule has 0 saturated carbocycles. The van der Waals surface area contributed by atoms with Gasteiger partial charge in [-0.1, -0.05) is 36.4 Å². The molecule has 1 aliphatic heterocycles. The van der Waals surface area contributed by atoms with Gasteiger partial charge in [0.2, 0.25) is 5.91 Å². The zero-order chi connectivity index (χ0) is 16.8. The minimum absolute atomic E-state index is 0.0530. The van der Waals surface area contributed by atoms with Crippen LogP contribution in [0, 0.1) is 0 Å². The van der Waals surface area contributed by atoms with E-state index in [1.54, 1.807) is 11.0 Å². The number of amides is 1. The molecule has 24 heavy (non-hydrogen) atoms. The first-order chi connectivity index (χ1) is 11.8. The van der Waals surface area contributed by atoms with Crippen molar-refractivity contribution >= 4 is 12.0 Å². The number of carbonyl (C=O) groups is 1. The SMILES string of the molecule is O=C(/C=C/c1ccc2c(c1)CCO2)N(CCO)Cc1ccccc1. The Morgan fingerprint density at radius 1 is 1.21 bits per heavy atom. The lowest BCUT2D eigenvalue weighted by atomic mass is 10.1. The number of ether oxygens (including phenoxy) is 1. The minimum atomic E-state index is -0.107. The number of hydrogen-bond acceptors (Lipinski definition) is 3. The summed E-state index contributed by atoms with van der Waals surface area (Å²) in [5.41, 5.74) is 3.21.